The molecule has 2 aromatic carbocycles. The van der Waals surface area contributed by atoms with Crippen LogP contribution in [0.1, 0.15) is 5.56 Å². The van der Waals surface area contributed by atoms with Crippen LogP contribution in [-0.4, -0.2) is 10.9 Å². The number of hydrogen-bond acceptors (Lipinski definition) is 2. The number of hydrogen-bond donors (Lipinski definition) is 2. The highest BCUT2D eigenvalue weighted by Crippen LogP contribution is 2.13. The molecule has 0 aliphatic rings. The van der Waals surface area contributed by atoms with Crippen LogP contribution in [0.2, 0.25) is 0 Å². The summed E-state index contributed by atoms with van der Waals surface area (Å²) in [6.45, 7) is 0. The Bertz CT molecular complexity index is 489. The zero-order valence-electron chi connectivity index (χ0n) is 8.67. The van der Waals surface area contributed by atoms with Crippen LogP contribution in [0.5, 0.6) is 5.75 Å². The Morgan fingerprint density at radius 2 is 1.56 bits per heavy atom. The molecule has 2 aromatic rings. The molecule has 80 valence electrons. The first-order valence-electron chi connectivity index (χ1n) is 4.94. The number of nitrogens with zero attached hydrogens (tertiary/aromatic N) is 1. The SMILES string of the molecule is NC(=Nc1ccccc1)c1ccc(O)cc1. The Morgan fingerprint density at radius 1 is 0.938 bits per heavy atom. The van der Waals surface area contributed by atoms with E-state index in [0.717, 1.165) is 11.3 Å². The van der Waals surface area contributed by atoms with E-state index in [2.05, 4.69) is 4.99 Å². The second-order valence-corrected chi connectivity index (χ2v) is 3.38. The minimum Gasteiger partial charge on any atom is -0.508 e. The second kappa shape index (κ2) is 4.49. The Balaban J connectivity index is 2.28. The van der Waals surface area contributed by atoms with Crippen molar-refractivity contribution in [3.63, 3.8) is 0 Å². The number of phenolic OH excluding ortho intramolecular Hbond substituents is 1. The molecule has 0 fully saturated rings. The van der Waals surface area contributed by atoms with E-state index in [1.54, 1.807) is 24.3 Å². The van der Waals surface area contributed by atoms with Crippen LogP contribution in [0.15, 0.2) is 59.6 Å². The maximum atomic E-state index is 9.15. The average molecular weight is 212 g/mol. The van der Waals surface area contributed by atoms with Crippen molar-refractivity contribution in [1.82, 2.24) is 0 Å². The van der Waals surface area contributed by atoms with Crippen molar-refractivity contribution in [3.8, 4) is 5.75 Å². The molecule has 3 heteroatoms. The number of amidine groups is 1. The van der Waals surface area contributed by atoms with Crippen LogP contribution in [-0.2, 0) is 0 Å². The molecule has 0 spiro atoms. The molecule has 0 aromatic heterocycles. The van der Waals surface area contributed by atoms with E-state index in [0.29, 0.717) is 5.84 Å². The van der Waals surface area contributed by atoms with Gasteiger partial charge in [0.15, 0.2) is 0 Å². The standard InChI is InChI=1S/C13H12N2O/c14-13(10-6-8-12(16)9-7-10)15-11-4-2-1-3-5-11/h1-9,16H,(H2,14,15). The second-order valence-electron chi connectivity index (χ2n) is 3.38. The van der Waals surface area contributed by atoms with Gasteiger partial charge < -0.3 is 10.8 Å². The van der Waals surface area contributed by atoms with Crippen molar-refractivity contribution in [1.29, 1.82) is 0 Å². The van der Waals surface area contributed by atoms with Crippen LogP contribution in [0, 0.1) is 0 Å². The van der Waals surface area contributed by atoms with Crippen LogP contribution < -0.4 is 5.73 Å². The van der Waals surface area contributed by atoms with Gasteiger partial charge in [-0.05, 0) is 36.4 Å². The maximum Gasteiger partial charge on any atom is 0.131 e. The van der Waals surface area contributed by atoms with Crippen molar-refractivity contribution in [2.45, 2.75) is 0 Å². The highest BCUT2D eigenvalue weighted by atomic mass is 16.3. The molecule has 3 N–H and O–H groups in total. The Labute approximate surface area is 93.9 Å². The van der Waals surface area contributed by atoms with Gasteiger partial charge in [-0.2, -0.15) is 0 Å². The van der Waals surface area contributed by atoms with Crippen molar-refractivity contribution < 1.29 is 5.11 Å². The largest absolute Gasteiger partial charge is 0.508 e. The third-order valence-electron chi connectivity index (χ3n) is 2.17. The summed E-state index contributed by atoms with van der Waals surface area (Å²) >= 11 is 0. The third-order valence-corrected chi connectivity index (χ3v) is 2.17. The summed E-state index contributed by atoms with van der Waals surface area (Å²) in [5, 5.41) is 9.15. The lowest BCUT2D eigenvalue weighted by Gasteiger charge is -2.01. The predicted octanol–water partition coefficient (Wildman–Crippen LogP) is 2.43. The summed E-state index contributed by atoms with van der Waals surface area (Å²) in [6, 6.07) is 16.1. The highest BCUT2D eigenvalue weighted by molar-refractivity contribution is 5.99. The molecule has 0 saturated carbocycles. The first kappa shape index (κ1) is 10.2. The zero-order chi connectivity index (χ0) is 11.4. The Kier molecular flexibility index (Phi) is 2.87. The van der Waals surface area contributed by atoms with Gasteiger partial charge in [0.2, 0.25) is 0 Å². The lowest BCUT2D eigenvalue weighted by Crippen LogP contribution is -2.12. The minimum absolute atomic E-state index is 0.219. The maximum absolute atomic E-state index is 9.15. The smallest absolute Gasteiger partial charge is 0.131 e. The fourth-order valence-electron chi connectivity index (χ4n) is 1.34. The van der Waals surface area contributed by atoms with Gasteiger partial charge in [-0.15, -0.1) is 0 Å². The quantitative estimate of drug-likeness (QED) is 0.593. The summed E-state index contributed by atoms with van der Waals surface area (Å²) in [6.07, 6.45) is 0. The molecule has 0 unspecified atom stereocenters. The molecule has 0 bridgehead atoms. The van der Waals surface area contributed by atoms with E-state index in [1.807, 2.05) is 30.3 Å². The van der Waals surface area contributed by atoms with Gasteiger partial charge in [0, 0.05) is 5.56 Å². The fraction of sp³-hybridized carbons (Fsp3) is 0. The molecule has 0 atom stereocenters. The van der Waals surface area contributed by atoms with E-state index in [9.17, 15) is 0 Å². The van der Waals surface area contributed by atoms with Crippen LogP contribution in [0.25, 0.3) is 0 Å². The van der Waals surface area contributed by atoms with Gasteiger partial charge in [-0.25, -0.2) is 4.99 Å². The van der Waals surface area contributed by atoms with E-state index in [-0.39, 0.29) is 5.75 Å². The molecule has 2 rings (SSSR count). The fourth-order valence-corrected chi connectivity index (χ4v) is 1.34. The van der Waals surface area contributed by atoms with Crippen molar-refractivity contribution in [3.05, 3.63) is 60.2 Å². The van der Waals surface area contributed by atoms with E-state index in [4.69, 9.17) is 10.8 Å². The third kappa shape index (κ3) is 2.39. The molecule has 0 amide bonds. The first-order valence-corrected chi connectivity index (χ1v) is 4.94. The van der Waals surface area contributed by atoms with Gasteiger partial charge in [-0.3, -0.25) is 0 Å². The molecule has 0 saturated heterocycles. The number of aromatic hydroxyl groups is 1. The molecule has 0 aliphatic heterocycles. The zero-order valence-corrected chi connectivity index (χ0v) is 8.67. The highest BCUT2D eigenvalue weighted by Gasteiger charge is 1.98. The number of aliphatic imine (C=N–C) groups is 1. The van der Waals surface area contributed by atoms with Gasteiger partial charge in [0.05, 0.1) is 5.69 Å². The van der Waals surface area contributed by atoms with E-state index in [1.165, 1.54) is 0 Å². The van der Waals surface area contributed by atoms with Crippen LogP contribution in [0.4, 0.5) is 5.69 Å². The Morgan fingerprint density at radius 3 is 2.19 bits per heavy atom. The number of para-hydroxylation sites is 1. The van der Waals surface area contributed by atoms with Crippen molar-refractivity contribution >= 4 is 11.5 Å². The van der Waals surface area contributed by atoms with Crippen molar-refractivity contribution in [2.24, 2.45) is 10.7 Å². The summed E-state index contributed by atoms with van der Waals surface area (Å²) < 4.78 is 0. The normalized spacial score (nSPS) is 11.4. The molecule has 0 heterocycles. The van der Waals surface area contributed by atoms with E-state index < -0.39 is 0 Å². The molecule has 0 radical (unpaired) electrons. The topological polar surface area (TPSA) is 58.6 Å². The van der Waals surface area contributed by atoms with Crippen LogP contribution >= 0.6 is 0 Å². The predicted molar refractivity (Wildman–Crippen MR) is 64.9 cm³/mol. The molecule has 0 aliphatic carbocycles. The molecule has 16 heavy (non-hydrogen) atoms. The Hall–Kier alpha value is -2.29. The number of rotatable bonds is 2. The van der Waals surface area contributed by atoms with Crippen molar-refractivity contribution in [2.75, 3.05) is 0 Å². The van der Waals surface area contributed by atoms with Gasteiger partial charge >= 0.3 is 0 Å². The average Bonchev–Trinajstić information content (AvgIpc) is 2.31. The molecular weight excluding hydrogens is 200 g/mol. The lowest BCUT2D eigenvalue weighted by atomic mass is 10.2. The number of phenols is 1. The van der Waals surface area contributed by atoms with Gasteiger partial charge in [0.25, 0.3) is 0 Å². The first-order chi connectivity index (χ1) is 7.75. The number of benzene rings is 2. The summed E-state index contributed by atoms with van der Waals surface area (Å²) in [5.74, 6) is 0.655. The lowest BCUT2D eigenvalue weighted by molar-refractivity contribution is 0.475. The summed E-state index contributed by atoms with van der Waals surface area (Å²) in [4.78, 5) is 4.27. The van der Waals surface area contributed by atoms with E-state index >= 15 is 0 Å². The van der Waals surface area contributed by atoms with Crippen LogP contribution in [0.3, 0.4) is 0 Å². The minimum atomic E-state index is 0.219. The summed E-state index contributed by atoms with van der Waals surface area (Å²) in [5.41, 5.74) is 7.45. The summed E-state index contributed by atoms with van der Waals surface area (Å²) in [7, 11) is 0. The van der Waals surface area contributed by atoms with Gasteiger partial charge in [0.1, 0.15) is 11.6 Å². The van der Waals surface area contributed by atoms with Gasteiger partial charge in [-0.1, -0.05) is 18.2 Å². The molecular formula is C13H12N2O. The molecule has 3 nitrogen and oxygen atoms in total. The number of nitrogens with two attached hydrogens (primary N) is 1. The monoisotopic (exact) mass is 212 g/mol.